The van der Waals surface area contributed by atoms with Gasteiger partial charge in [0.2, 0.25) is 10.0 Å². The minimum atomic E-state index is -3.57. The van der Waals surface area contributed by atoms with Crippen LogP contribution >= 0.6 is 0 Å². The van der Waals surface area contributed by atoms with E-state index in [1.54, 1.807) is 12.2 Å². The largest absolute Gasteiger partial charge is 0.478 e. The number of rotatable bonds is 13. The second kappa shape index (κ2) is 23.5. The van der Waals surface area contributed by atoms with E-state index in [1.165, 1.54) is 45.1 Å². The van der Waals surface area contributed by atoms with Crippen molar-refractivity contribution in [2.45, 2.75) is 41.5 Å². The number of hydrogen-bond donors (Lipinski definition) is 2. The summed E-state index contributed by atoms with van der Waals surface area (Å²) in [6.07, 6.45) is 8.30. The first-order chi connectivity index (χ1) is 28.1. The molecule has 0 spiro atoms. The number of hydrogen-bond acceptors (Lipinski definition) is 4. The molecule has 0 radical (unpaired) electrons. The molecular weight excluding hydrogens is 763 g/mol. The summed E-state index contributed by atoms with van der Waals surface area (Å²) in [6.45, 7) is 4.33. The van der Waals surface area contributed by atoms with Crippen LogP contribution in [0.5, 0.6) is 0 Å². The van der Waals surface area contributed by atoms with Crippen LogP contribution in [0.25, 0.3) is 34.4 Å². The molecule has 60 heavy (non-hydrogen) atoms. The smallest absolute Gasteiger partial charge is 0.328 e. The van der Waals surface area contributed by atoms with E-state index in [9.17, 15) is 18.0 Å². The lowest BCUT2D eigenvalue weighted by Crippen LogP contribution is -2.27. The lowest BCUT2D eigenvalue weighted by molar-refractivity contribution is -0.131. The number of allylic oxidation sites excluding steroid dienone is 2. The first-order valence-electron chi connectivity index (χ1n) is 19.1. The topological polar surface area (TPSA) is 101 Å². The normalized spacial score (nSPS) is 11.8. The highest BCUT2D eigenvalue weighted by Gasteiger charge is 2.14. The molecule has 0 fully saturated rings. The zero-order valence-electron chi connectivity index (χ0n) is 32.9. The van der Waals surface area contributed by atoms with E-state index in [1.807, 2.05) is 89.7 Å². The first kappa shape index (κ1) is 47.5. The van der Waals surface area contributed by atoms with Crippen LogP contribution in [0.1, 0.15) is 86.1 Å². The predicted octanol–water partition coefficient (Wildman–Crippen LogP) is 12.6. The maximum atomic E-state index is 11.7. The van der Waals surface area contributed by atoms with Crippen molar-refractivity contribution in [1.29, 1.82) is 0 Å². The van der Waals surface area contributed by atoms with Gasteiger partial charge in [-0.25, -0.2) is 17.9 Å². The second-order valence-corrected chi connectivity index (χ2v) is 15.1. The van der Waals surface area contributed by atoms with Crippen LogP contribution in [0.2, 0.25) is 0 Å². The van der Waals surface area contributed by atoms with Crippen LogP contribution < -0.4 is 4.72 Å². The Bertz CT molecular complexity index is 2510. The van der Waals surface area contributed by atoms with Gasteiger partial charge in [0.1, 0.15) is 0 Å². The SMILES string of the molecule is C.C.CC/C(=C(\c1ccccc1)c1ccc(/C=C/C(=O)NS(C)(=O)=O)cc1)c1ccccc1.CC/C(=C(\c1ccccc1)c1ccc(/C=C/C(=O)O)cc1)c1ccccc1. The highest BCUT2D eigenvalue weighted by molar-refractivity contribution is 7.89. The van der Waals surface area contributed by atoms with Gasteiger partial charge >= 0.3 is 5.97 Å². The molecule has 6 nitrogen and oxygen atoms in total. The lowest BCUT2D eigenvalue weighted by Gasteiger charge is -2.16. The monoisotopic (exact) mass is 817 g/mol. The van der Waals surface area contributed by atoms with Crippen LogP contribution in [0, 0.1) is 0 Å². The summed E-state index contributed by atoms with van der Waals surface area (Å²) < 4.78 is 24.2. The third-order valence-corrected chi connectivity index (χ3v) is 9.78. The fourth-order valence-electron chi connectivity index (χ4n) is 6.65. The number of benzene rings is 6. The van der Waals surface area contributed by atoms with Gasteiger partial charge in [-0.2, -0.15) is 0 Å². The second-order valence-electron chi connectivity index (χ2n) is 13.4. The number of sulfonamides is 1. The quantitative estimate of drug-likeness (QED) is 0.0893. The van der Waals surface area contributed by atoms with Crippen LogP contribution in [-0.4, -0.2) is 31.7 Å². The van der Waals surface area contributed by atoms with Crippen molar-refractivity contribution in [3.8, 4) is 0 Å². The van der Waals surface area contributed by atoms with Crippen molar-refractivity contribution in [3.63, 3.8) is 0 Å². The van der Waals surface area contributed by atoms with Crippen LogP contribution in [0.4, 0.5) is 0 Å². The molecule has 0 aliphatic heterocycles. The molecule has 0 heterocycles. The molecular formula is C53H55NO5S. The Morgan fingerprint density at radius 2 is 0.783 bits per heavy atom. The van der Waals surface area contributed by atoms with Crippen LogP contribution in [0.15, 0.2) is 182 Å². The number of carbonyl (C=O) groups excluding carboxylic acids is 1. The van der Waals surface area contributed by atoms with E-state index in [-0.39, 0.29) is 14.9 Å². The van der Waals surface area contributed by atoms with Crippen molar-refractivity contribution in [1.82, 2.24) is 4.72 Å². The van der Waals surface area contributed by atoms with Crippen molar-refractivity contribution < 1.29 is 23.1 Å². The minimum absolute atomic E-state index is 0. The molecule has 0 aliphatic carbocycles. The Labute approximate surface area is 357 Å². The van der Waals surface area contributed by atoms with Gasteiger partial charge < -0.3 is 5.11 Å². The maximum Gasteiger partial charge on any atom is 0.328 e. The van der Waals surface area contributed by atoms with Gasteiger partial charge in [0.15, 0.2) is 0 Å². The fourth-order valence-corrected chi connectivity index (χ4v) is 7.08. The van der Waals surface area contributed by atoms with Gasteiger partial charge in [-0.05, 0) is 91.8 Å². The van der Waals surface area contributed by atoms with Crippen molar-refractivity contribution in [3.05, 3.63) is 227 Å². The molecule has 0 atom stereocenters. The Hall–Kier alpha value is -6.83. The lowest BCUT2D eigenvalue weighted by atomic mass is 9.88. The number of nitrogens with one attached hydrogen (secondary N) is 1. The average molecular weight is 818 g/mol. The molecule has 0 aliphatic rings. The Morgan fingerprint density at radius 1 is 0.483 bits per heavy atom. The molecule has 0 saturated carbocycles. The highest BCUT2D eigenvalue weighted by Crippen LogP contribution is 2.36. The standard InChI is InChI=1S/C26H25NO3S.C25H22O2.2CH4/c1-3-24(21-10-6-4-7-11-21)26(22-12-8-5-9-13-22)23-17-14-20(15-18-23)16-19-25(28)27-31(2,29)30;1-2-23(20-9-5-3-6-10-20)25(21-11-7-4-8-12-21)22-16-13-19(14-17-22)15-18-24(26)27;;/h4-19H,3H2,1-2H3,(H,27,28);3-18H,2H2,1H3,(H,26,27);2*1H4/b19-16+,26-24-;18-15+,25-23-;;. The van der Waals surface area contributed by atoms with Crippen molar-refractivity contribution in [2.24, 2.45) is 0 Å². The third kappa shape index (κ3) is 13.9. The van der Waals surface area contributed by atoms with E-state index in [0.717, 1.165) is 53.0 Å². The van der Waals surface area contributed by atoms with E-state index >= 15 is 0 Å². The molecule has 6 aromatic carbocycles. The van der Waals surface area contributed by atoms with Gasteiger partial charge in [0.25, 0.3) is 5.91 Å². The van der Waals surface area contributed by atoms with Crippen molar-refractivity contribution >= 4 is 56.3 Å². The van der Waals surface area contributed by atoms with Gasteiger partial charge in [-0.15, -0.1) is 0 Å². The molecule has 0 saturated heterocycles. The van der Waals surface area contributed by atoms with E-state index in [2.05, 4.69) is 98.8 Å². The molecule has 0 unspecified atom stereocenters. The van der Waals surface area contributed by atoms with Gasteiger partial charge in [0.05, 0.1) is 6.26 Å². The number of carboxylic acid groups (broad SMARTS) is 1. The van der Waals surface area contributed by atoms with Crippen molar-refractivity contribution in [2.75, 3.05) is 6.26 Å². The van der Waals surface area contributed by atoms with Gasteiger partial charge in [-0.3, -0.25) is 4.79 Å². The zero-order chi connectivity index (χ0) is 41.3. The summed E-state index contributed by atoms with van der Waals surface area (Å²) in [4.78, 5) is 22.4. The number of aliphatic carboxylic acids is 1. The summed E-state index contributed by atoms with van der Waals surface area (Å²) >= 11 is 0. The predicted molar refractivity (Wildman–Crippen MR) is 253 cm³/mol. The van der Waals surface area contributed by atoms with E-state index in [4.69, 9.17) is 5.11 Å². The molecule has 6 aromatic rings. The first-order valence-corrected chi connectivity index (χ1v) is 20.9. The highest BCUT2D eigenvalue weighted by atomic mass is 32.2. The fraction of sp³-hybridized carbons (Fsp3) is 0.132. The number of amides is 1. The average Bonchev–Trinajstić information content (AvgIpc) is 3.24. The molecule has 6 rings (SSSR count). The summed E-state index contributed by atoms with van der Waals surface area (Å²) in [7, 11) is -3.57. The number of carboxylic acids is 1. The molecule has 1 amide bonds. The Morgan fingerprint density at radius 3 is 1.08 bits per heavy atom. The van der Waals surface area contributed by atoms with E-state index < -0.39 is 21.9 Å². The molecule has 0 aromatic heterocycles. The molecule has 7 heteroatoms. The summed E-state index contributed by atoms with van der Waals surface area (Å²) in [5.41, 5.74) is 13.5. The molecule has 308 valence electrons. The molecule has 0 bridgehead atoms. The Balaban J connectivity index is 0.000000313. The summed E-state index contributed by atoms with van der Waals surface area (Å²) in [6, 6.07) is 57.4. The van der Waals surface area contributed by atoms with Gasteiger partial charge in [-0.1, -0.05) is 199 Å². The Kier molecular flexibility index (Phi) is 18.7. The number of carbonyl (C=O) groups is 2. The third-order valence-electron chi connectivity index (χ3n) is 9.21. The van der Waals surface area contributed by atoms with Gasteiger partial charge in [0, 0.05) is 12.2 Å². The summed E-state index contributed by atoms with van der Waals surface area (Å²) in [5.74, 6) is -1.62. The zero-order valence-corrected chi connectivity index (χ0v) is 33.7. The van der Waals surface area contributed by atoms with Crippen LogP contribution in [0.3, 0.4) is 0 Å². The minimum Gasteiger partial charge on any atom is -0.478 e. The summed E-state index contributed by atoms with van der Waals surface area (Å²) in [5, 5.41) is 8.80. The molecule has 2 N–H and O–H groups in total. The van der Waals surface area contributed by atoms with Crippen LogP contribution in [-0.2, 0) is 19.6 Å². The maximum absolute atomic E-state index is 11.7. The van der Waals surface area contributed by atoms with E-state index in [0.29, 0.717) is 0 Å².